The van der Waals surface area contributed by atoms with Crippen molar-refractivity contribution in [2.24, 2.45) is 0 Å². The Morgan fingerprint density at radius 1 is 1.48 bits per heavy atom. The van der Waals surface area contributed by atoms with E-state index in [1.165, 1.54) is 13.4 Å². The van der Waals surface area contributed by atoms with Crippen LogP contribution in [0.15, 0.2) is 15.2 Å². The van der Waals surface area contributed by atoms with Crippen molar-refractivity contribution in [1.82, 2.24) is 20.0 Å². The second kappa shape index (κ2) is 6.49. The maximum Gasteiger partial charge on any atom is 0.360 e. The number of hydrogen-bond acceptors (Lipinski definition) is 8. The van der Waals surface area contributed by atoms with Crippen LogP contribution in [0.4, 0.5) is 0 Å². The van der Waals surface area contributed by atoms with Crippen molar-refractivity contribution in [3.05, 3.63) is 29.6 Å². The molecule has 1 fully saturated rings. The van der Waals surface area contributed by atoms with Gasteiger partial charge in [0.2, 0.25) is 11.8 Å². The quantitative estimate of drug-likeness (QED) is 0.775. The number of hydrogen-bond donors (Lipinski definition) is 0. The third-order valence-electron chi connectivity index (χ3n) is 3.91. The summed E-state index contributed by atoms with van der Waals surface area (Å²) in [6.07, 6.45) is 3.30. The zero-order valence-electron chi connectivity index (χ0n) is 13.5. The molecular formula is C15H20N4O4. The Labute approximate surface area is 133 Å². The van der Waals surface area contributed by atoms with E-state index in [1.54, 1.807) is 0 Å². The summed E-state index contributed by atoms with van der Waals surface area (Å²) in [6.45, 7) is 5.44. The average Bonchev–Trinajstić information content (AvgIpc) is 3.26. The van der Waals surface area contributed by atoms with E-state index in [2.05, 4.69) is 24.8 Å². The number of carbonyl (C=O) groups is 1. The molecule has 0 N–H and O–H groups in total. The summed E-state index contributed by atoms with van der Waals surface area (Å²) in [5.41, 5.74) is 0.179. The van der Waals surface area contributed by atoms with E-state index >= 15 is 0 Å². The Balaban J connectivity index is 1.71. The number of methoxy groups -OCH3 is 1. The molecule has 0 spiro atoms. The highest BCUT2D eigenvalue weighted by Gasteiger charge is 2.32. The first-order chi connectivity index (χ1) is 11.1. The number of likely N-dealkylation sites (tertiary alicyclic amines) is 1. The van der Waals surface area contributed by atoms with Gasteiger partial charge in [0.15, 0.2) is 11.5 Å². The molecule has 124 valence electrons. The van der Waals surface area contributed by atoms with Gasteiger partial charge in [-0.1, -0.05) is 19.0 Å². The summed E-state index contributed by atoms with van der Waals surface area (Å²) in [5.74, 6) is 1.55. The van der Waals surface area contributed by atoms with Crippen LogP contribution in [0, 0.1) is 0 Å². The smallest absolute Gasteiger partial charge is 0.360 e. The first-order valence-corrected chi connectivity index (χ1v) is 7.68. The molecule has 1 aliphatic heterocycles. The molecule has 0 aliphatic carbocycles. The lowest BCUT2D eigenvalue weighted by Gasteiger charge is -2.19. The van der Waals surface area contributed by atoms with Crippen LogP contribution in [0.3, 0.4) is 0 Å². The Morgan fingerprint density at radius 3 is 3.00 bits per heavy atom. The van der Waals surface area contributed by atoms with Crippen LogP contribution >= 0.6 is 0 Å². The molecule has 0 aromatic carbocycles. The van der Waals surface area contributed by atoms with Gasteiger partial charge in [-0.05, 0) is 19.4 Å². The number of carbonyl (C=O) groups excluding carboxylic acids is 1. The van der Waals surface area contributed by atoms with Gasteiger partial charge in [0.05, 0.1) is 19.7 Å². The van der Waals surface area contributed by atoms with Crippen LogP contribution in [-0.2, 0) is 11.3 Å². The van der Waals surface area contributed by atoms with E-state index in [1.807, 2.05) is 13.8 Å². The monoisotopic (exact) mass is 320 g/mol. The molecule has 1 saturated heterocycles. The van der Waals surface area contributed by atoms with E-state index in [-0.39, 0.29) is 17.7 Å². The van der Waals surface area contributed by atoms with Crippen molar-refractivity contribution < 1.29 is 18.5 Å². The second-order valence-electron chi connectivity index (χ2n) is 5.89. The fraction of sp³-hybridized carbons (Fsp3) is 0.600. The number of ether oxygens (including phenoxy) is 1. The van der Waals surface area contributed by atoms with Gasteiger partial charge in [0, 0.05) is 5.92 Å². The fourth-order valence-electron chi connectivity index (χ4n) is 2.67. The summed E-state index contributed by atoms with van der Waals surface area (Å²) in [4.78, 5) is 22.2. The molecule has 0 bridgehead atoms. The highest BCUT2D eigenvalue weighted by molar-refractivity contribution is 5.86. The molecule has 2 aromatic heterocycles. The van der Waals surface area contributed by atoms with E-state index in [0.717, 1.165) is 25.2 Å². The van der Waals surface area contributed by atoms with Gasteiger partial charge >= 0.3 is 5.97 Å². The second-order valence-corrected chi connectivity index (χ2v) is 5.89. The maximum atomic E-state index is 11.4. The zero-order valence-corrected chi connectivity index (χ0v) is 13.5. The highest BCUT2D eigenvalue weighted by atomic mass is 16.5. The summed E-state index contributed by atoms with van der Waals surface area (Å²) in [7, 11) is 1.31. The van der Waals surface area contributed by atoms with Gasteiger partial charge in [-0.2, -0.15) is 4.98 Å². The maximum absolute atomic E-state index is 11.4. The largest absolute Gasteiger partial charge is 0.464 e. The molecule has 3 heterocycles. The topological polar surface area (TPSA) is 94.5 Å². The predicted octanol–water partition coefficient (Wildman–Crippen LogP) is 2.30. The van der Waals surface area contributed by atoms with E-state index in [9.17, 15) is 4.79 Å². The van der Waals surface area contributed by atoms with Crippen molar-refractivity contribution >= 4 is 5.97 Å². The first-order valence-electron chi connectivity index (χ1n) is 7.68. The van der Waals surface area contributed by atoms with E-state index in [0.29, 0.717) is 18.3 Å². The summed E-state index contributed by atoms with van der Waals surface area (Å²) in [6, 6.07) is 0.0588. The number of nitrogens with zero attached hydrogens (tertiary/aromatic N) is 4. The normalized spacial score (nSPS) is 18.7. The zero-order chi connectivity index (χ0) is 16.4. The van der Waals surface area contributed by atoms with Crippen molar-refractivity contribution in [3.8, 4) is 0 Å². The molecule has 2 aromatic rings. The number of aromatic nitrogens is 3. The molecule has 0 radical (unpaired) electrons. The number of esters is 1. The van der Waals surface area contributed by atoms with E-state index < -0.39 is 5.97 Å². The van der Waals surface area contributed by atoms with Crippen molar-refractivity contribution in [2.75, 3.05) is 13.7 Å². The lowest BCUT2D eigenvalue weighted by molar-refractivity contribution is 0.0594. The molecule has 8 heteroatoms. The average molecular weight is 320 g/mol. The molecule has 0 saturated carbocycles. The van der Waals surface area contributed by atoms with Crippen LogP contribution in [0.5, 0.6) is 0 Å². The SMILES string of the molecule is COC(=O)c1coc(CN2CCCC2c2nc(C(C)C)no2)n1. The van der Waals surface area contributed by atoms with Crippen LogP contribution in [-0.4, -0.2) is 39.6 Å². The van der Waals surface area contributed by atoms with Crippen molar-refractivity contribution in [3.63, 3.8) is 0 Å². The minimum absolute atomic E-state index is 0.0588. The van der Waals surface area contributed by atoms with Gasteiger partial charge < -0.3 is 13.7 Å². The van der Waals surface area contributed by atoms with Crippen LogP contribution < -0.4 is 0 Å². The predicted molar refractivity (Wildman–Crippen MR) is 78.6 cm³/mol. The summed E-state index contributed by atoms with van der Waals surface area (Å²) < 4.78 is 15.4. The molecule has 23 heavy (non-hydrogen) atoms. The first kappa shape index (κ1) is 15.7. The Morgan fingerprint density at radius 2 is 2.30 bits per heavy atom. The van der Waals surface area contributed by atoms with Crippen molar-refractivity contribution in [1.29, 1.82) is 0 Å². The minimum Gasteiger partial charge on any atom is -0.464 e. The van der Waals surface area contributed by atoms with Gasteiger partial charge in [-0.15, -0.1) is 0 Å². The standard InChI is InChI=1S/C15H20N4O4/c1-9(2)13-17-14(23-18-13)11-5-4-6-19(11)7-12-16-10(8-22-12)15(20)21-3/h8-9,11H,4-7H2,1-3H3. The van der Waals surface area contributed by atoms with Crippen LogP contribution in [0.1, 0.15) is 66.7 Å². The molecule has 0 amide bonds. The molecule has 1 aliphatic rings. The third kappa shape index (κ3) is 3.26. The van der Waals surface area contributed by atoms with Gasteiger partial charge in [0.1, 0.15) is 6.26 Å². The third-order valence-corrected chi connectivity index (χ3v) is 3.91. The van der Waals surface area contributed by atoms with Gasteiger partial charge in [-0.25, -0.2) is 9.78 Å². The molecule has 1 atom stereocenters. The number of rotatable bonds is 5. The lowest BCUT2D eigenvalue weighted by Crippen LogP contribution is -2.23. The number of oxazole rings is 1. The van der Waals surface area contributed by atoms with Gasteiger partial charge in [0.25, 0.3) is 0 Å². The highest BCUT2D eigenvalue weighted by Crippen LogP contribution is 2.32. The summed E-state index contributed by atoms with van der Waals surface area (Å²) >= 11 is 0. The lowest BCUT2D eigenvalue weighted by atomic mass is 10.2. The van der Waals surface area contributed by atoms with Crippen LogP contribution in [0.2, 0.25) is 0 Å². The molecule has 1 unspecified atom stereocenters. The van der Waals surface area contributed by atoms with Crippen LogP contribution in [0.25, 0.3) is 0 Å². The molecule has 8 nitrogen and oxygen atoms in total. The Bertz CT molecular complexity index is 679. The Kier molecular flexibility index (Phi) is 4.42. The van der Waals surface area contributed by atoms with Crippen molar-refractivity contribution in [2.45, 2.75) is 45.2 Å². The van der Waals surface area contributed by atoms with Gasteiger partial charge in [-0.3, -0.25) is 4.90 Å². The Hall–Kier alpha value is -2.22. The minimum atomic E-state index is -0.503. The van der Waals surface area contributed by atoms with E-state index in [4.69, 9.17) is 8.94 Å². The summed E-state index contributed by atoms with van der Waals surface area (Å²) in [5, 5.41) is 4.03. The molecular weight excluding hydrogens is 300 g/mol. The molecule has 3 rings (SSSR count). The fourth-order valence-corrected chi connectivity index (χ4v) is 2.67.